The summed E-state index contributed by atoms with van der Waals surface area (Å²) in [5.41, 5.74) is 0.432. The molecule has 122 valence electrons. The highest BCUT2D eigenvalue weighted by molar-refractivity contribution is 9.10. The normalized spacial score (nSPS) is 11.4. The van der Waals surface area contributed by atoms with E-state index >= 15 is 0 Å². The molecule has 2 aromatic carbocycles. The summed E-state index contributed by atoms with van der Waals surface area (Å²) < 4.78 is 28.2. The van der Waals surface area contributed by atoms with Crippen molar-refractivity contribution in [1.29, 1.82) is 0 Å². The zero-order chi connectivity index (χ0) is 17.3. The van der Waals surface area contributed by atoms with Gasteiger partial charge < -0.3 is 5.11 Å². The molecule has 0 amide bonds. The van der Waals surface area contributed by atoms with E-state index in [0.29, 0.717) is 9.99 Å². The van der Waals surface area contributed by atoms with Gasteiger partial charge in [0.1, 0.15) is 10.4 Å². The van der Waals surface area contributed by atoms with Gasteiger partial charge in [-0.1, -0.05) is 22.0 Å². The Balaban J connectivity index is 2.11. The van der Waals surface area contributed by atoms with Crippen molar-refractivity contribution in [1.82, 2.24) is 9.97 Å². The van der Waals surface area contributed by atoms with Gasteiger partial charge in [-0.2, -0.15) is 0 Å². The standard InChI is InChI=1S/C15H10BrN3O4S/c16-9-4-5-11(10(8-9)15(20)21)19-24(22,23)13-3-1-2-12-14(13)18-7-6-17-12/h1-8,19H,(H,20,21). The Kier molecular flexibility index (Phi) is 4.20. The molecule has 0 saturated carbocycles. The maximum atomic E-state index is 12.7. The molecule has 3 rings (SSSR count). The van der Waals surface area contributed by atoms with E-state index in [4.69, 9.17) is 0 Å². The zero-order valence-electron chi connectivity index (χ0n) is 12.0. The number of nitrogens with one attached hydrogen (secondary N) is 1. The summed E-state index contributed by atoms with van der Waals surface area (Å²) in [6, 6.07) is 8.83. The molecule has 0 aliphatic heterocycles. The van der Waals surface area contributed by atoms with Gasteiger partial charge in [0.15, 0.2) is 0 Å². The lowest BCUT2D eigenvalue weighted by atomic mass is 10.2. The van der Waals surface area contributed by atoms with Gasteiger partial charge in [-0.3, -0.25) is 14.7 Å². The summed E-state index contributed by atoms with van der Waals surface area (Å²) in [5.74, 6) is -1.24. The van der Waals surface area contributed by atoms with Gasteiger partial charge in [0.25, 0.3) is 10.0 Å². The molecule has 3 aromatic rings. The van der Waals surface area contributed by atoms with Crippen LogP contribution in [0.25, 0.3) is 11.0 Å². The van der Waals surface area contributed by atoms with Crippen molar-refractivity contribution in [2.75, 3.05) is 4.72 Å². The topological polar surface area (TPSA) is 109 Å². The molecular formula is C15H10BrN3O4S. The van der Waals surface area contributed by atoms with Crippen LogP contribution in [0.3, 0.4) is 0 Å². The first-order valence-electron chi connectivity index (χ1n) is 6.64. The third-order valence-corrected chi connectivity index (χ3v) is 5.10. The van der Waals surface area contributed by atoms with Crippen LogP contribution in [0.4, 0.5) is 5.69 Å². The summed E-state index contributed by atoms with van der Waals surface area (Å²) in [6.45, 7) is 0. The molecule has 0 unspecified atom stereocenters. The highest BCUT2D eigenvalue weighted by atomic mass is 79.9. The van der Waals surface area contributed by atoms with Crippen LogP contribution in [-0.2, 0) is 10.0 Å². The number of hydrogen-bond donors (Lipinski definition) is 2. The van der Waals surface area contributed by atoms with Gasteiger partial charge in [0.2, 0.25) is 0 Å². The maximum Gasteiger partial charge on any atom is 0.337 e. The van der Waals surface area contributed by atoms with Crippen LogP contribution in [0.5, 0.6) is 0 Å². The average molecular weight is 408 g/mol. The number of benzene rings is 2. The molecule has 0 spiro atoms. The fraction of sp³-hybridized carbons (Fsp3) is 0. The summed E-state index contributed by atoms with van der Waals surface area (Å²) in [5, 5.41) is 9.25. The zero-order valence-corrected chi connectivity index (χ0v) is 14.4. The monoisotopic (exact) mass is 407 g/mol. The summed E-state index contributed by atoms with van der Waals surface area (Å²) in [7, 11) is -4.04. The molecule has 0 radical (unpaired) electrons. The van der Waals surface area contributed by atoms with E-state index in [2.05, 4.69) is 30.6 Å². The molecular weight excluding hydrogens is 398 g/mol. The smallest absolute Gasteiger partial charge is 0.337 e. The number of sulfonamides is 1. The second kappa shape index (κ2) is 6.17. The summed E-state index contributed by atoms with van der Waals surface area (Å²) in [4.78, 5) is 19.4. The number of halogens is 1. The Morgan fingerprint density at radius 2 is 1.88 bits per heavy atom. The largest absolute Gasteiger partial charge is 0.478 e. The predicted octanol–water partition coefficient (Wildman–Crippen LogP) is 2.89. The van der Waals surface area contributed by atoms with Gasteiger partial charge in [0, 0.05) is 16.9 Å². The Morgan fingerprint density at radius 3 is 2.62 bits per heavy atom. The molecule has 0 bridgehead atoms. The van der Waals surface area contributed by atoms with E-state index < -0.39 is 16.0 Å². The van der Waals surface area contributed by atoms with E-state index in [1.54, 1.807) is 18.2 Å². The molecule has 1 heterocycles. The molecule has 0 aliphatic carbocycles. The molecule has 0 fully saturated rings. The number of carboxylic acids is 1. The molecule has 0 atom stereocenters. The average Bonchev–Trinajstić information content (AvgIpc) is 2.55. The van der Waals surface area contributed by atoms with Crippen LogP contribution in [-0.4, -0.2) is 29.5 Å². The van der Waals surface area contributed by atoms with Gasteiger partial charge in [-0.05, 0) is 30.3 Å². The van der Waals surface area contributed by atoms with E-state index in [-0.39, 0.29) is 21.7 Å². The number of carbonyl (C=O) groups is 1. The Bertz CT molecular complexity index is 1050. The molecule has 2 N–H and O–H groups in total. The van der Waals surface area contributed by atoms with E-state index in [9.17, 15) is 18.3 Å². The van der Waals surface area contributed by atoms with Crippen LogP contribution in [0.15, 0.2) is 58.2 Å². The van der Waals surface area contributed by atoms with Crippen molar-refractivity contribution in [3.05, 3.63) is 58.8 Å². The Morgan fingerprint density at radius 1 is 1.12 bits per heavy atom. The van der Waals surface area contributed by atoms with Crippen molar-refractivity contribution < 1.29 is 18.3 Å². The SMILES string of the molecule is O=C(O)c1cc(Br)ccc1NS(=O)(=O)c1cccc2nccnc12. The number of aromatic nitrogens is 2. The lowest BCUT2D eigenvalue weighted by Gasteiger charge is -2.12. The second-order valence-electron chi connectivity index (χ2n) is 4.78. The highest BCUT2D eigenvalue weighted by Gasteiger charge is 2.21. The number of nitrogens with zero attached hydrogens (tertiary/aromatic N) is 2. The minimum atomic E-state index is -4.04. The van der Waals surface area contributed by atoms with Crippen molar-refractivity contribution in [2.45, 2.75) is 4.90 Å². The van der Waals surface area contributed by atoms with E-state index in [0.717, 1.165) is 0 Å². The number of anilines is 1. The number of aromatic carboxylic acids is 1. The van der Waals surface area contributed by atoms with Crippen molar-refractivity contribution in [3.63, 3.8) is 0 Å². The van der Waals surface area contributed by atoms with Gasteiger partial charge in [0.05, 0.1) is 16.8 Å². The highest BCUT2D eigenvalue weighted by Crippen LogP contribution is 2.26. The minimum Gasteiger partial charge on any atom is -0.478 e. The van der Waals surface area contributed by atoms with Crippen molar-refractivity contribution >= 4 is 48.6 Å². The molecule has 1 aromatic heterocycles. The van der Waals surface area contributed by atoms with Crippen LogP contribution < -0.4 is 4.72 Å². The molecule has 0 aliphatic rings. The Hall–Kier alpha value is -2.52. The lowest BCUT2D eigenvalue weighted by Crippen LogP contribution is -2.16. The maximum absolute atomic E-state index is 12.7. The predicted molar refractivity (Wildman–Crippen MR) is 91.4 cm³/mol. The third kappa shape index (κ3) is 3.08. The quantitative estimate of drug-likeness (QED) is 0.687. The van der Waals surface area contributed by atoms with E-state index in [1.165, 1.54) is 30.6 Å². The number of fused-ring (bicyclic) bond motifs is 1. The van der Waals surface area contributed by atoms with Gasteiger partial charge in [-0.15, -0.1) is 0 Å². The minimum absolute atomic E-state index is 0.0356. The van der Waals surface area contributed by atoms with Gasteiger partial charge >= 0.3 is 5.97 Å². The van der Waals surface area contributed by atoms with Gasteiger partial charge in [-0.25, -0.2) is 13.2 Å². The number of para-hydroxylation sites is 1. The molecule has 0 saturated heterocycles. The fourth-order valence-electron chi connectivity index (χ4n) is 2.17. The first-order chi connectivity index (χ1) is 11.4. The second-order valence-corrected chi connectivity index (χ2v) is 7.35. The summed E-state index contributed by atoms with van der Waals surface area (Å²) >= 11 is 3.16. The third-order valence-electron chi connectivity index (χ3n) is 3.21. The molecule has 24 heavy (non-hydrogen) atoms. The molecule has 7 nitrogen and oxygen atoms in total. The van der Waals surface area contributed by atoms with Crippen LogP contribution in [0.2, 0.25) is 0 Å². The first-order valence-corrected chi connectivity index (χ1v) is 8.91. The number of hydrogen-bond acceptors (Lipinski definition) is 5. The summed E-state index contributed by atoms with van der Waals surface area (Å²) in [6.07, 6.45) is 2.85. The fourth-order valence-corrected chi connectivity index (χ4v) is 3.77. The lowest BCUT2D eigenvalue weighted by molar-refractivity contribution is 0.0698. The Labute approximate surface area is 145 Å². The van der Waals surface area contributed by atoms with E-state index in [1.807, 2.05) is 0 Å². The first kappa shape index (κ1) is 16.3. The van der Waals surface area contributed by atoms with Crippen molar-refractivity contribution in [2.24, 2.45) is 0 Å². The van der Waals surface area contributed by atoms with Crippen LogP contribution >= 0.6 is 15.9 Å². The number of rotatable bonds is 4. The van der Waals surface area contributed by atoms with Crippen LogP contribution in [0, 0.1) is 0 Å². The van der Waals surface area contributed by atoms with Crippen LogP contribution in [0.1, 0.15) is 10.4 Å². The van der Waals surface area contributed by atoms with Crippen molar-refractivity contribution in [3.8, 4) is 0 Å². The molecule has 9 heteroatoms. The number of carboxylic acid groups (broad SMARTS) is 1.